The molecule has 0 amide bonds. The van der Waals surface area contributed by atoms with E-state index in [4.69, 9.17) is 0 Å². The third-order valence-corrected chi connectivity index (χ3v) is 3.81. The third-order valence-electron chi connectivity index (χ3n) is 3.81. The third kappa shape index (κ3) is 2.79. The summed E-state index contributed by atoms with van der Waals surface area (Å²) in [6, 6.07) is 9.80. The second-order valence-electron chi connectivity index (χ2n) is 5.44. The van der Waals surface area contributed by atoms with Crippen molar-refractivity contribution in [3.63, 3.8) is 0 Å². The summed E-state index contributed by atoms with van der Waals surface area (Å²) >= 11 is 0. The van der Waals surface area contributed by atoms with Crippen LogP contribution in [-0.2, 0) is 6.42 Å². The Morgan fingerprint density at radius 2 is 2.12 bits per heavy atom. The van der Waals surface area contributed by atoms with Crippen LogP contribution in [0.3, 0.4) is 0 Å². The number of nitrogens with zero attached hydrogens (tertiary/aromatic N) is 1. The molecule has 0 radical (unpaired) electrons. The number of phenolic OH excluding ortho intramolecular Hbond substituents is 1. The molecule has 2 atom stereocenters. The zero-order valence-electron chi connectivity index (χ0n) is 10.3. The number of benzene rings is 1. The highest BCUT2D eigenvalue weighted by atomic mass is 16.3. The van der Waals surface area contributed by atoms with Gasteiger partial charge >= 0.3 is 0 Å². The van der Waals surface area contributed by atoms with Crippen molar-refractivity contribution < 1.29 is 5.11 Å². The summed E-state index contributed by atoms with van der Waals surface area (Å²) in [5, 5.41) is 18.7. The van der Waals surface area contributed by atoms with E-state index in [-0.39, 0.29) is 11.2 Å². The zero-order chi connectivity index (χ0) is 12.3. The summed E-state index contributed by atoms with van der Waals surface area (Å²) in [7, 11) is 0. The van der Waals surface area contributed by atoms with Gasteiger partial charge in [-0.3, -0.25) is 0 Å². The van der Waals surface area contributed by atoms with E-state index in [1.807, 2.05) is 12.1 Å². The standard InChI is InChI=1S/C15H19NO/c1-12-3-2-8-15(9-12,11-16)10-13-4-6-14(17)7-5-13/h4-7,12,17H,2-3,8-10H2,1H3. The molecule has 1 N–H and O–H groups in total. The van der Waals surface area contributed by atoms with Gasteiger partial charge in [-0.2, -0.15) is 5.26 Å². The highest BCUT2D eigenvalue weighted by molar-refractivity contribution is 5.27. The molecule has 0 aromatic heterocycles. The lowest BCUT2D eigenvalue weighted by atomic mass is 9.68. The first-order chi connectivity index (χ1) is 8.13. The molecule has 90 valence electrons. The summed E-state index contributed by atoms with van der Waals surface area (Å²) in [6.45, 7) is 2.24. The van der Waals surface area contributed by atoms with Gasteiger partial charge in [-0.15, -0.1) is 0 Å². The predicted molar refractivity (Wildman–Crippen MR) is 67.5 cm³/mol. The highest BCUT2D eigenvalue weighted by Crippen LogP contribution is 2.41. The molecule has 0 spiro atoms. The van der Waals surface area contributed by atoms with Gasteiger partial charge in [0.05, 0.1) is 11.5 Å². The first-order valence-electron chi connectivity index (χ1n) is 6.33. The van der Waals surface area contributed by atoms with Crippen molar-refractivity contribution >= 4 is 0 Å². The minimum atomic E-state index is -0.186. The summed E-state index contributed by atoms with van der Waals surface area (Å²) in [5.74, 6) is 0.942. The lowest BCUT2D eigenvalue weighted by molar-refractivity contribution is 0.209. The van der Waals surface area contributed by atoms with Crippen LogP contribution in [0.2, 0.25) is 0 Å². The van der Waals surface area contributed by atoms with E-state index in [9.17, 15) is 10.4 Å². The van der Waals surface area contributed by atoms with Gasteiger partial charge in [0.1, 0.15) is 5.75 Å². The number of hydrogen-bond donors (Lipinski definition) is 1. The topological polar surface area (TPSA) is 44.0 Å². The Balaban J connectivity index is 2.14. The molecule has 0 bridgehead atoms. The molecule has 1 fully saturated rings. The van der Waals surface area contributed by atoms with Gasteiger partial charge in [0, 0.05) is 0 Å². The van der Waals surface area contributed by atoms with Gasteiger partial charge in [-0.25, -0.2) is 0 Å². The maximum atomic E-state index is 9.48. The molecule has 1 aliphatic rings. The van der Waals surface area contributed by atoms with Crippen LogP contribution in [0.5, 0.6) is 5.75 Å². The van der Waals surface area contributed by atoms with Gasteiger partial charge in [0.15, 0.2) is 0 Å². The zero-order valence-corrected chi connectivity index (χ0v) is 10.3. The van der Waals surface area contributed by atoms with Gasteiger partial charge in [0.2, 0.25) is 0 Å². The lowest BCUT2D eigenvalue weighted by Crippen LogP contribution is -2.28. The smallest absolute Gasteiger partial charge is 0.115 e. The SMILES string of the molecule is CC1CCCC(C#N)(Cc2ccc(O)cc2)C1. The van der Waals surface area contributed by atoms with E-state index >= 15 is 0 Å². The fourth-order valence-electron chi connectivity index (χ4n) is 2.97. The van der Waals surface area contributed by atoms with E-state index in [0.29, 0.717) is 5.92 Å². The summed E-state index contributed by atoms with van der Waals surface area (Å²) in [4.78, 5) is 0. The van der Waals surface area contributed by atoms with Crippen LogP contribution in [0.25, 0.3) is 0 Å². The fourth-order valence-corrected chi connectivity index (χ4v) is 2.97. The van der Waals surface area contributed by atoms with Crippen LogP contribution >= 0.6 is 0 Å². The van der Waals surface area contributed by atoms with E-state index in [1.54, 1.807) is 12.1 Å². The number of hydrogen-bond acceptors (Lipinski definition) is 2. The largest absolute Gasteiger partial charge is 0.508 e. The normalized spacial score (nSPS) is 28.6. The van der Waals surface area contributed by atoms with Crippen molar-refractivity contribution in [1.82, 2.24) is 0 Å². The van der Waals surface area contributed by atoms with E-state index in [2.05, 4.69) is 13.0 Å². The van der Waals surface area contributed by atoms with Gasteiger partial charge in [0.25, 0.3) is 0 Å². The molecule has 0 saturated heterocycles. The maximum Gasteiger partial charge on any atom is 0.115 e. The molecule has 1 saturated carbocycles. The molecule has 2 unspecified atom stereocenters. The molecule has 1 aromatic rings. The molecule has 2 nitrogen and oxygen atoms in total. The monoisotopic (exact) mass is 229 g/mol. The maximum absolute atomic E-state index is 9.48. The number of nitriles is 1. The van der Waals surface area contributed by atoms with Crippen molar-refractivity contribution in [3.05, 3.63) is 29.8 Å². The van der Waals surface area contributed by atoms with Crippen molar-refractivity contribution in [3.8, 4) is 11.8 Å². The van der Waals surface area contributed by atoms with Crippen LogP contribution in [0, 0.1) is 22.7 Å². The summed E-state index contributed by atoms with van der Waals surface area (Å²) < 4.78 is 0. The predicted octanol–water partition coefficient (Wildman–Crippen LogP) is 3.65. The van der Waals surface area contributed by atoms with E-state index in [1.165, 1.54) is 6.42 Å². The molecule has 1 aliphatic carbocycles. The quantitative estimate of drug-likeness (QED) is 0.841. The lowest BCUT2D eigenvalue weighted by Gasteiger charge is -2.34. The van der Waals surface area contributed by atoms with Crippen LogP contribution in [0.15, 0.2) is 24.3 Å². The van der Waals surface area contributed by atoms with E-state index < -0.39 is 0 Å². The molecule has 0 heterocycles. The van der Waals surface area contributed by atoms with Crippen molar-refractivity contribution in [2.75, 3.05) is 0 Å². The molecular weight excluding hydrogens is 210 g/mol. The molecule has 1 aromatic carbocycles. The molecule has 2 heteroatoms. The van der Waals surface area contributed by atoms with Crippen LogP contribution in [0.1, 0.15) is 38.2 Å². The van der Waals surface area contributed by atoms with Gasteiger partial charge < -0.3 is 5.11 Å². The Morgan fingerprint density at radius 3 is 2.71 bits per heavy atom. The van der Waals surface area contributed by atoms with Gasteiger partial charge in [-0.1, -0.05) is 31.9 Å². The number of aromatic hydroxyl groups is 1. The Morgan fingerprint density at radius 1 is 1.41 bits per heavy atom. The van der Waals surface area contributed by atoms with Crippen molar-refractivity contribution in [2.45, 2.75) is 39.0 Å². The second-order valence-corrected chi connectivity index (χ2v) is 5.44. The number of rotatable bonds is 2. The number of phenols is 1. The van der Waals surface area contributed by atoms with Crippen LogP contribution in [-0.4, -0.2) is 5.11 Å². The van der Waals surface area contributed by atoms with Gasteiger partial charge in [-0.05, 0) is 42.9 Å². The first kappa shape index (κ1) is 12.0. The Hall–Kier alpha value is -1.49. The summed E-state index contributed by atoms with van der Waals surface area (Å²) in [5.41, 5.74) is 0.965. The molecule has 17 heavy (non-hydrogen) atoms. The van der Waals surface area contributed by atoms with Crippen molar-refractivity contribution in [2.24, 2.45) is 11.3 Å². The molecule has 0 aliphatic heterocycles. The Kier molecular flexibility index (Phi) is 3.38. The fraction of sp³-hybridized carbons (Fsp3) is 0.533. The average molecular weight is 229 g/mol. The van der Waals surface area contributed by atoms with Crippen molar-refractivity contribution in [1.29, 1.82) is 5.26 Å². The first-order valence-corrected chi connectivity index (χ1v) is 6.33. The van der Waals surface area contributed by atoms with Crippen LogP contribution in [0.4, 0.5) is 0 Å². The van der Waals surface area contributed by atoms with Crippen LogP contribution < -0.4 is 0 Å². The minimum Gasteiger partial charge on any atom is -0.508 e. The minimum absolute atomic E-state index is 0.186. The second kappa shape index (κ2) is 4.79. The highest BCUT2D eigenvalue weighted by Gasteiger charge is 2.35. The molecule has 2 rings (SSSR count). The Bertz CT molecular complexity index is 418. The van der Waals surface area contributed by atoms with E-state index in [0.717, 1.165) is 31.2 Å². The molecular formula is C15H19NO. The summed E-state index contributed by atoms with van der Waals surface area (Å²) in [6.07, 6.45) is 5.24. The Labute approximate surface area is 103 Å². The average Bonchev–Trinajstić information content (AvgIpc) is 2.32.